The molecule has 1 amide bonds. The fourth-order valence-electron chi connectivity index (χ4n) is 2.23. The van der Waals surface area contributed by atoms with Crippen LogP contribution < -0.4 is 10.5 Å². The molecule has 1 heterocycles. The van der Waals surface area contributed by atoms with E-state index in [0.29, 0.717) is 17.6 Å². The molecule has 2 rings (SSSR count). The summed E-state index contributed by atoms with van der Waals surface area (Å²) in [6.45, 7) is 3.18. The Morgan fingerprint density at radius 2 is 2.24 bits per heavy atom. The number of hydrogen-bond acceptors (Lipinski definition) is 4. The average molecular weight is 377 g/mol. The summed E-state index contributed by atoms with van der Waals surface area (Å²) in [7, 11) is -3.88. The second kappa shape index (κ2) is 6.43. The minimum Gasteiger partial charge on any atom is -0.378 e. The van der Waals surface area contributed by atoms with Gasteiger partial charge in [0.05, 0.1) is 11.0 Å². The van der Waals surface area contributed by atoms with E-state index in [1.807, 2.05) is 6.92 Å². The van der Waals surface area contributed by atoms with Crippen molar-refractivity contribution in [1.29, 1.82) is 0 Å². The zero-order valence-corrected chi connectivity index (χ0v) is 13.9. The van der Waals surface area contributed by atoms with E-state index in [4.69, 9.17) is 9.88 Å². The highest BCUT2D eigenvalue weighted by molar-refractivity contribution is 9.10. The van der Waals surface area contributed by atoms with Gasteiger partial charge in [0, 0.05) is 29.1 Å². The van der Waals surface area contributed by atoms with Crippen LogP contribution in [0.25, 0.3) is 0 Å². The lowest BCUT2D eigenvalue weighted by atomic mass is 10.0. The number of benzene rings is 1. The highest BCUT2D eigenvalue weighted by Crippen LogP contribution is 2.23. The van der Waals surface area contributed by atoms with Gasteiger partial charge in [0.15, 0.2) is 0 Å². The quantitative estimate of drug-likeness (QED) is 0.825. The van der Waals surface area contributed by atoms with Crippen LogP contribution in [0.5, 0.6) is 0 Å². The first-order valence-electron chi connectivity index (χ1n) is 6.51. The van der Waals surface area contributed by atoms with E-state index in [1.54, 1.807) is 6.07 Å². The summed E-state index contributed by atoms with van der Waals surface area (Å²) in [4.78, 5) is 12.0. The first-order valence-corrected chi connectivity index (χ1v) is 8.85. The van der Waals surface area contributed by atoms with Crippen LogP contribution in [0.1, 0.15) is 23.7 Å². The number of halogens is 1. The monoisotopic (exact) mass is 376 g/mol. The molecule has 1 fully saturated rings. The molecule has 1 aromatic rings. The molecular weight excluding hydrogens is 360 g/mol. The highest BCUT2D eigenvalue weighted by Gasteiger charge is 2.24. The maximum absolute atomic E-state index is 12.1. The van der Waals surface area contributed by atoms with Crippen LogP contribution in [-0.4, -0.2) is 33.6 Å². The van der Waals surface area contributed by atoms with E-state index in [1.165, 1.54) is 12.1 Å². The second-order valence-electron chi connectivity index (χ2n) is 5.02. The number of sulfonamides is 1. The van der Waals surface area contributed by atoms with Crippen molar-refractivity contribution >= 4 is 31.9 Å². The minimum atomic E-state index is -3.88. The summed E-state index contributed by atoms with van der Waals surface area (Å²) < 4.78 is 28.6. The molecule has 0 bridgehead atoms. The second-order valence-corrected chi connectivity index (χ2v) is 7.41. The molecule has 0 aliphatic carbocycles. The topological polar surface area (TPSA) is 98.5 Å². The molecule has 2 atom stereocenters. The summed E-state index contributed by atoms with van der Waals surface area (Å²) in [5.41, 5.74) is 0.258. The standard InChI is InChI=1S/C13H17BrN2O4S/c1-8-10(4-5-20-8)7-16-13(17)9-2-3-11(14)12(6-9)21(15,18)19/h2-3,6,8,10H,4-5,7H2,1H3,(H,16,17)(H2,15,18,19). The molecule has 0 radical (unpaired) electrons. The molecule has 1 aliphatic rings. The van der Waals surface area contributed by atoms with Gasteiger partial charge in [-0.1, -0.05) is 0 Å². The lowest BCUT2D eigenvalue weighted by Crippen LogP contribution is -2.32. The Hall–Kier alpha value is -0.960. The summed E-state index contributed by atoms with van der Waals surface area (Å²) >= 11 is 3.11. The average Bonchev–Trinajstić information content (AvgIpc) is 2.80. The summed E-state index contributed by atoms with van der Waals surface area (Å²) in [6, 6.07) is 4.31. The van der Waals surface area contributed by atoms with Gasteiger partial charge in [0.2, 0.25) is 10.0 Å². The largest absolute Gasteiger partial charge is 0.378 e. The molecule has 3 N–H and O–H groups in total. The fourth-order valence-corrected chi connectivity index (χ4v) is 3.79. The Morgan fingerprint density at radius 1 is 1.52 bits per heavy atom. The van der Waals surface area contributed by atoms with Crippen LogP contribution in [0.4, 0.5) is 0 Å². The van der Waals surface area contributed by atoms with Crippen molar-refractivity contribution in [1.82, 2.24) is 5.32 Å². The van der Waals surface area contributed by atoms with Gasteiger partial charge in [-0.2, -0.15) is 0 Å². The van der Waals surface area contributed by atoms with Crippen molar-refractivity contribution in [2.45, 2.75) is 24.3 Å². The van der Waals surface area contributed by atoms with Crippen LogP contribution in [-0.2, 0) is 14.8 Å². The Kier molecular flexibility index (Phi) is 5.03. The number of primary sulfonamides is 1. The molecule has 21 heavy (non-hydrogen) atoms. The first-order chi connectivity index (χ1) is 9.79. The van der Waals surface area contributed by atoms with Crippen LogP contribution in [0.15, 0.2) is 27.6 Å². The lowest BCUT2D eigenvalue weighted by molar-refractivity contribution is 0.0907. The van der Waals surface area contributed by atoms with E-state index in [0.717, 1.165) is 6.42 Å². The molecule has 2 unspecified atom stereocenters. The molecule has 116 valence electrons. The highest BCUT2D eigenvalue weighted by atomic mass is 79.9. The molecule has 6 nitrogen and oxygen atoms in total. The van der Waals surface area contributed by atoms with Crippen molar-refractivity contribution < 1.29 is 17.9 Å². The molecule has 0 spiro atoms. The number of carbonyl (C=O) groups excluding carboxylic acids is 1. The van der Waals surface area contributed by atoms with Crippen molar-refractivity contribution in [3.05, 3.63) is 28.2 Å². The number of ether oxygens (including phenoxy) is 1. The van der Waals surface area contributed by atoms with E-state index in [-0.39, 0.29) is 28.4 Å². The van der Waals surface area contributed by atoms with Crippen LogP contribution in [0, 0.1) is 5.92 Å². The SMILES string of the molecule is CC1OCCC1CNC(=O)c1ccc(Br)c(S(N)(=O)=O)c1. The molecule has 0 saturated carbocycles. The molecule has 0 aromatic heterocycles. The molecular formula is C13H17BrN2O4S. The zero-order chi connectivity index (χ0) is 15.6. The smallest absolute Gasteiger partial charge is 0.251 e. The van der Waals surface area contributed by atoms with E-state index in [9.17, 15) is 13.2 Å². The maximum atomic E-state index is 12.1. The number of amides is 1. The predicted octanol–water partition coefficient (Wildman–Crippen LogP) is 1.25. The molecule has 8 heteroatoms. The predicted molar refractivity (Wildman–Crippen MR) is 81.4 cm³/mol. The van der Waals surface area contributed by atoms with Gasteiger partial charge in [-0.05, 0) is 47.5 Å². The summed E-state index contributed by atoms with van der Waals surface area (Å²) in [5, 5.41) is 7.91. The van der Waals surface area contributed by atoms with Crippen molar-refractivity contribution in [3.63, 3.8) is 0 Å². The minimum absolute atomic E-state index is 0.104. The van der Waals surface area contributed by atoms with Gasteiger partial charge in [0.25, 0.3) is 5.91 Å². The van der Waals surface area contributed by atoms with Crippen LogP contribution >= 0.6 is 15.9 Å². The summed E-state index contributed by atoms with van der Waals surface area (Å²) in [6.07, 6.45) is 1.03. The van der Waals surface area contributed by atoms with Crippen molar-refractivity contribution in [2.24, 2.45) is 11.1 Å². The third-order valence-electron chi connectivity index (χ3n) is 3.56. The van der Waals surface area contributed by atoms with Gasteiger partial charge in [-0.3, -0.25) is 4.79 Å². The summed E-state index contributed by atoms with van der Waals surface area (Å²) in [5.74, 6) is -0.0476. The van der Waals surface area contributed by atoms with E-state index < -0.39 is 10.0 Å². The van der Waals surface area contributed by atoms with Crippen molar-refractivity contribution in [3.8, 4) is 0 Å². The van der Waals surface area contributed by atoms with Gasteiger partial charge in [0.1, 0.15) is 0 Å². The number of nitrogens with two attached hydrogens (primary N) is 1. The number of hydrogen-bond donors (Lipinski definition) is 2. The molecule has 1 aromatic carbocycles. The third-order valence-corrected chi connectivity index (χ3v) is 5.46. The van der Waals surface area contributed by atoms with Gasteiger partial charge in [-0.25, -0.2) is 13.6 Å². The van der Waals surface area contributed by atoms with Crippen LogP contribution in [0.3, 0.4) is 0 Å². The van der Waals surface area contributed by atoms with E-state index in [2.05, 4.69) is 21.2 Å². The molecule has 1 aliphatic heterocycles. The Balaban J connectivity index is 2.09. The Morgan fingerprint density at radius 3 is 2.81 bits per heavy atom. The van der Waals surface area contributed by atoms with Gasteiger partial charge >= 0.3 is 0 Å². The lowest BCUT2D eigenvalue weighted by Gasteiger charge is -2.15. The van der Waals surface area contributed by atoms with Crippen LogP contribution in [0.2, 0.25) is 0 Å². The van der Waals surface area contributed by atoms with Gasteiger partial charge in [-0.15, -0.1) is 0 Å². The first kappa shape index (κ1) is 16.4. The fraction of sp³-hybridized carbons (Fsp3) is 0.462. The maximum Gasteiger partial charge on any atom is 0.251 e. The number of carbonyl (C=O) groups is 1. The van der Waals surface area contributed by atoms with E-state index >= 15 is 0 Å². The van der Waals surface area contributed by atoms with Gasteiger partial charge < -0.3 is 10.1 Å². The number of nitrogens with one attached hydrogen (secondary N) is 1. The Bertz CT molecular complexity index is 648. The Labute approximate surface area is 132 Å². The number of rotatable bonds is 4. The third kappa shape index (κ3) is 4.03. The zero-order valence-electron chi connectivity index (χ0n) is 11.5. The van der Waals surface area contributed by atoms with Crippen molar-refractivity contribution in [2.75, 3.05) is 13.2 Å². The molecule has 1 saturated heterocycles. The normalized spacial score (nSPS) is 22.2.